The Hall–Kier alpha value is -2.43. The van der Waals surface area contributed by atoms with E-state index in [2.05, 4.69) is 4.98 Å². The van der Waals surface area contributed by atoms with Crippen molar-refractivity contribution in [2.75, 3.05) is 13.1 Å². The molecule has 4 rings (SSSR count). The summed E-state index contributed by atoms with van der Waals surface area (Å²) in [6.07, 6.45) is 5.15. The van der Waals surface area contributed by atoms with Crippen LogP contribution in [-0.2, 0) is 4.79 Å². The molecule has 0 spiro atoms. The van der Waals surface area contributed by atoms with E-state index in [0.29, 0.717) is 6.54 Å². The standard InChI is InChI=1S/C19H19FN2O2/c20-14-3-1-13(2-4-14)17-11-18(17)19(23)22-10-7-16(12-22)24-15-5-8-21-9-6-15/h1-6,8-9,16-18H,7,10-12H2/t16-,17-,18+/m0/s1. The maximum absolute atomic E-state index is 13.0. The molecule has 2 aliphatic rings. The van der Waals surface area contributed by atoms with Crippen molar-refractivity contribution in [1.29, 1.82) is 0 Å². The van der Waals surface area contributed by atoms with Crippen LogP contribution >= 0.6 is 0 Å². The normalized spacial score (nSPS) is 25.5. The van der Waals surface area contributed by atoms with Gasteiger partial charge in [0.1, 0.15) is 17.7 Å². The predicted molar refractivity (Wildman–Crippen MR) is 87.1 cm³/mol. The number of benzene rings is 1. The lowest BCUT2D eigenvalue weighted by atomic mass is 10.1. The molecule has 0 radical (unpaired) electrons. The molecule has 2 aromatic rings. The molecular formula is C19H19FN2O2. The molecule has 0 bridgehead atoms. The smallest absolute Gasteiger partial charge is 0.226 e. The summed E-state index contributed by atoms with van der Waals surface area (Å²) in [6, 6.07) is 10.2. The van der Waals surface area contributed by atoms with Crippen molar-refractivity contribution in [3.8, 4) is 5.75 Å². The Kier molecular flexibility index (Phi) is 3.92. The molecule has 5 heteroatoms. The van der Waals surface area contributed by atoms with Crippen LogP contribution in [0.5, 0.6) is 5.75 Å². The molecule has 0 unspecified atom stereocenters. The molecule has 124 valence electrons. The number of aromatic nitrogens is 1. The van der Waals surface area contributed by atoms with Gasteiger partial charge in [-0.25, -0.2) is 4.39 Å². The van der Waals surface area contributed by atoms with Gasteiger partial charge in [-0.15, -0.1) is 0 Å². The molecular weight excluding hydrogens is 307 g/mol. The fourth-order valence-corrected chi connectivity index (χ4v) is 3.41. The van der Waals surface area contributed by atoms with E-state index < -0.39 is 0 Å². The van der Waals surface area contributed by atoms with Gasteiger partial charge in [0.15, 0.2) is 0 Å². The Morgan fingerprint density at radius 3 is 2.67 bits per heavy atom. The zero-order valence-electron chi connectivity index (χ0n) is 13.3. The largest absolute Gasteiger partial charge is 0.488 e. The molecule has 1 aromatic heterocycles. The first-order valence-corrected chi connectivity index (χ1v) is 8.31. The van der Waals surface area contributed by atoms with E-state index in [9.17, 15) is 9.18 Å². The minimum atomic E-state index is -0.238. The third-order valence-corrected chi connectivity index (χ3v) is 4.81. The highest BCUT2D eigenvalue weighted by Gasteiger charge is 2.46. The molecule has 1 saturated heterocycles. The zero-order chi connectivity index (χ0) is 16.5. The van der Waals surface area contributed by atoms with Crippen LogP contribution in [0.25, 0.3) is 0 Å². The molecule has 1 amide bonds. The second kappa shape index (κ2) is 6.23. The summed E-state index contributed by atoms with van der Waals surface area (Å²) in [5.41, 5.74) is 1.05. The number of amides is 1. The zero-order valence-corrected chi connectivity index (χ0v) is 13.3. The number of halogens is 1. The third kappa shape index (κ3) is 3.11. The molecule has 3 atom stereocenters. The molecule has 1 saturated carbocycles. The molecule has 1 aliphatic heterocycles. The summed E-state index contributed by atoms with van der Waals surface area (Å²) in [4.78, 5) is 18.5. The monoisotopic (exact) mass is 326 g/mol. The van der Waals surface area contributed by atoms with Crippen molar-refractivity contribution in [2.24, 2.45) is 5.92 Å². The average Bonchev–Trinajstić information content (AvgIpc) is 3.27. The van der Waals surface area contributed by atoms with Crippen molar-refractivity contribution in [2.45, 2.75) is 24.9 Å². The first-order valence-electron chi connectivity index (χ1n) is 8.31. The Morgan fingerprint density at radius 2 is 1.92 bits per heavy atom. The Balaban J connectivity index is 1.33. The van der Waals surface area contributed by atoms with Crippen LogP contribution in [0.4, 0.5) is 4.39 Å². The molecule has 1 aliphatic carbocycles. The number of ether oxygens (including phenoxy) is 1. The lowest BCUT2D eigenvalue weighted by molar-refractivity contribution is -0.131. The molecule has 1 aromatic carbocycles. The van der Waals surface area contributed by atoms with Crippen LogP contribution in [0.1, 0.15) is 24.3 Å². The van der Waals surface area contributed by atoms with Gasteiger partial charge in [0.05, 0.1) is 6.54 Å². The summed E-state index contributed by atoms with van der Waals surface area (Å²) < 4.78 is 18.9. The SMILES string of the molecule is O=C([C@@H]1C[C@H]1c1ccc(F)cc1)N1CC[C@H](Oc2ccncc2)C1. The molecule has 0 N–H and O–H groups in total. The minimum Gasteiger partial charge on any atom is -0.488 e. The topological polar surface area (TPSA) is 42.4 Å². The van der Waals surface area contributed by atoms with E-state index in [1.54, 1.807) is 24.5 Å². The fraction of sp³-hybridized carbons (Fsp3) is 0.368. The number of hydrogen-bond acceptors (Lipinski definition) is 3. The fourth-order valence-electron chi connectivity index (χ4n) is 3.41. The summed E-state index contributed by atoms with van der Waals surface area (Å²) in [5.74, 6) is 1.02. The Morgan fingerprint density at radius 1 is 1.17 bits per heavy atom. The van der Waals surface area contributed by atoms with Crippen molar-refractivity contribution in [3.63, 3.8) is 0 Å². The molecule has 24 heavy (non-hydrogen) atoms. The number of hydrogen-bond donors (Lipinski definition) is 0. The van der Waals surface area contributed by atoms with Gasteiger partial charge >= 0.3 is 0 Å². The molecule has 2 fully saturated rings. The van der Waals surface area contributed by atoms with Gasteiger partial charge in [0.25, 0.3) is 0 Å². The van der Waals surface area contributed by atoms with Gasteiger partial charge in [-0.3, -0.25) is 9.78 Å². The first kappa shape index (κ1) is 15.1. The third-order valence-electron chi connectivity index (χ3n) is 4.81. The van der Waals surface area contributed by atoms with Crippen LogP contribution in [0.2, 0.25) is 0 Å². The maximum Gasteiger partial charge on any atom is 0.226 e. The number of likely N-dealkylation sites (tertiary alicyclic amines) is 1. The predicted octanol–water partition coefficient (Wildman–Crippen LogP) is 3.00. The van der Waals surface area contributed by atoms with Gasteiger partial charge in [-0.05, 0) is 42.2 Å². The van der Waals surface area contributed by atoms with E-state index >= 15 is 0 Å². The van der Waals surface area contributed by atoms with E-state index in [1.807, 2.05) is 17.0 Å². The van der Waals surface area contributed by atoms with Gasteiger partial charge in [-0.2, -0.15) is 0 Å². The van der Waals surface area contributed by atoms with Crippen molar-refractivity contribution >= 4 is 5.91 Å². The molecule has 2 heterocycles. The van der Waals surface area contributed by atoms with Gasteiger partial charge in [0, 0.05) is 31.3 Å². The average molecular weight is 326 g/mol. The van der Waals surface area contributed by atoms with Crippen molar-refractivity contribution < 1.29 is 13.9 Å². The Bertz CT molecular complexity index is 720. The highest BCUT2D eigenvalue weighted by atomic mass is 19.1. The van der Waals surface area contributed by atoms with Crippen LogP contribution in [0, 0.1) is 11.7 Å². The van der Waals surface area contributed by atoms with Gasteiger partial charge < -0.3 is 9.64 Å². The quantitative estimate of drug-likeness (QED) is 0.867. The van der Waals surface area contributed by atoms with Gasteiger partial charge in [-0.1, -0.05) is 12.1 Å². The highest BCUT2D eigenvalue weighted by Crippen LogP contribution is 2.48. The van der Waals surface area contributed by atoms with Crippen LogP contribution in [0.15, 0.2) is 48.8 Å². The number of rotatable bonds is 4. The van der Waals surface area contributed by atoms with E-state index in [0.717, 1.165) is 30.7 Å². The second-order valence-electron chi connectivity index (χ2n) is 6.50. The number of pyridine rings is 1. The number of nitrogens with zero attached hydrogens (tertiary/aromatic N) is 2. The second-order valence-corrected chi connectivity index (χ2v) is 6.50. The molecule has 4 nitrogen and oxygen atoms in total. The van der Waals surface area contributed by atoms with E-state index in [1.165, 1.54) is 12.1 Å². The number of carbonyl (C=O) groups is 1. The van der Waals surface area contributed by atoms with Crippen molar-refractivity contribution in [1.82, 2.24) is 9.88 Å². The first-order chi connectivity index (χ1) is 11.7. The van der Waals surface area contributed by atoms with E-state index in [-0.39, 0.29) is 29.7 Å². The minimum absolute atomic E-state index is 0.0372. The van der Waals surface area contributed by atoms with Crippen LogP contribution in [-0.4, -0.2) is 35.0 Å². The summed E-state index contributed by atoms with van der Waals surface area (Å²) in [5, 5.41) is 0. The van der Waals surface area contributed by atoms with Crippen LogP contribution in [0.3, 0.4) is 0 Å². The highest BCUT2D eigenvalue weighted by molar-refractivity contribution is 5.83. The summed E-state index contributed by atoms with van der Waals surface area (Å²) >= 11 is 0. The lowest BCUT2D eigenvalue weighted by Crippen LogP contribution is -2.32. The lowest BCUT2D eigenvalue weighted by Gasteiger charge is -2.17. The van der Waals surface area contributed by atoms with Crippen molar-refractivity contribution in [3.05, 3.63) is 60.2 Å². The Labute approximate surface area is 140 Å². The summed E-state index contributed by atoms with van der Waals surface area (Å²) in [7, 11) is 0. The van der Waals surface area contributed by atoms with Crippen LogP contribution < -0.4 is 4.74 Å². The summed E-state index contributed by atoms with van der Waals surface area (Å²) in [6.45, 7) is 1.37. The van der Waals surface area contributed by atoms with E-state index in [4.69, 9.17) is 4.74 Å². The van der Waals surface area contributed by atoms with Gasteiger partial charge in [0.2, 0.25) is 5.91 Å². The number of carbonyl (C=O) groups excluding carboxylic acids is 1. The maximum atomic E-state index is 13.0.